The fraction of sp³-hybridized carbons (Fsp3) is 0.118. The van der Waals surface area contributed by atoms with E-state index in [9.17, 15) is 4.79 Å². The minimum Gasteiger partial charge on any atom is -0.497 e. The lowest BCUT2D eigenvalue weighted by atomic mass is 10.2. The van der Waals surface area contributed by atoms with Gasteiger partial charge in [-0.25, -0.2) is 0 Å². The summed E-state index contributed by atoms with van der Waals surface area (Å²) in [5, 5.41) is 2.80. The molecular weight excluding hydrogens is 346 g/mol. The second-order valence-electron chi connectivity index (χ2n) is 4.42. The first-order chi connectivity index (χ1) is 10.6. The normalized spacial score (nSPS) is 11.0. The van der Waals surface area contributed by atoms with E-state index in [0.717, 1.165) is 5.56 Å². The van der Waals surface area contributed by atoms with Crippen LogP contribution in [0, 0.1) is 0 Å². The summed E-state index contributed by atoms with van der Waals surface area (Å²) in [5.74, 6) is 0.939. The number of benzene rings is 2. The lowest BCUT2D eigenvalue weighted by Gasteiger charge is -2.11. The summed E-state index contributed by atoms with van der Waals surface area (Å²) >= 11 is 3.30. The molecule has 114 valence electrons. The van der Waals surface area contributed by atoms with Gasteiger partial charge in [-0.1, -0.05) is 30.3 Å². The van der Waals surface area contributed by atoms with Crippen LogP contribution in [-0.2, 0) is 4.79 Å². The third-order valence-electron chi connectivity index (χ3n) is 2.97. The van der Waals surface area contributed by atoms with Gasteiger partial charge in [0.15, 0.2) is 0 Å². The van der Waals surface area contributed by atoms with E-state index in [-0.39, 0.29) is 5.91 Å². The molecule has 22 heavy (non-hydrogen) atoms. The Bertz CT molecular complexity index is 684. The van der Waals surface area contributed by atoms with Crippen molar-refractivity contribution < 1.29 is 14.3 Å². The summed E-state index contributed by atoms with van der Waals surface area (Å²) in [4.78, 5) is 12.2. The molecule has 1 amide bonds. The number of nitrogens with one attached hydrogen (secondary N) is 1. The average Bonchev–Trinajstić information content (AvgIpc) is 2.56. The highest BCUT2D eigenvalue weighted by molar-refractivity contribution is 9.12. The molecule has 0 unspecified atom stereocenters. The number of amides is 1. The van der Waals surface area contributed by atoms with Gasteiger partial charge in [-0.05, 0) is 39.7 Å². The molecule has 0 spiro atoms. The fourth-order valence-corrected chi connectivity index (χ4v) is 2.21. The van der Waals surface area contributed by atoms with Crippen LogP contribution >= 0.6 is 15.9 Å². The van der Waals surface area contributed by atoms with Crippen molar-refractivity contribution in [3.05, 3.63) is 58.6 Å². The first-order valence-electron chi connectivity index (χ1n) is 6.59. The van der Waals surface area contributed by atoms with Crippen molar-refractivity contribution in [3.63, 3.8) is 0 Å². The lowest BCUT2D eigenvalue weighted by Crippen LogP contribution is -2.12. The third-order valence-corrected chi connectivity index (χ3v) is 3.56. The van der Waals surface area contributed by atoms with E-state index in [4.69, 9.17) is 9.47 Å². The smallest absolute Gasteiger partial charge is 0.262 e. The van der Waals surface area contributed by atoms with Gasteiger partial charge < -0.3 is 14.8 Å². The molecule has 0 saturated heterocycles. The standard InChI is InChI=1S/C17H16BrNO3/c1-21-13-8-9-15(16(11-13)22-2)19-17(20)14(18)10-12-6-4-3-5-7-12/h3-11H,1-2H3,(H,19,20)/b14-10-. The van der Waals surface area contributed by atoms with Gasteiger partial charge in [0, 0.05) is 6.07 Å². The predicted molar refractivity (Wildman–Crippen MR) is 91.5 cm³/mol. The molecule has 5 heteroatoms. The number of methoxy groups -OCH3 is 2. The zero-order chi connectivity index (χ0) is 15.9. The Morgan fingerprint density at radius 3 is 2.45 bits per heavy atom. The van der Waals surface area contributed by atoms with E-state index in [1.54, 1.807) is 38.5 Å². The molecule has 1 N–H and O–H groups in total. The predicted octanol–water partition coefficient (Wildman–Crippen LogP) is 4.08. The number of carbonyl (C=O) groups excluding carboxylic acids is 1. The highest BCUT2D eigenvalue weighted by atomic mass is 79.9. The molecule has 0 fully saturated rings. The van der Waals surface area contributed by atoms with Crippen LogP contribution in [0.25, 0.3) is 6.08 Å². The Balaban J connectivity index is 2.16. The maximum absolute atomic E-state index is 12.2. The fourth-order valence-electron chi connectivity index (χ4n) is 1.84. The van der Waals surface area contributed by atoms with Crippen molar-refractivity contribution in [2.45, 2.75) is 0 Å². The molecule has 0 aliphatic carbocycles. The van der Waals surface area contributed by atoms with Crippen LogP contribution in [0.1, 0.15) is 5.56 Å². The maximum Gasteiger partial charge on any atom is 0.262 e. The van der Waals surface area contributed by atoms with Crippen LogP contribution in [0.2, 0.25) is 0 Å². The summed E-state index contributed by atoms with van der Waals surface area (Å²) in [6, 6.07) is 14.8. The van der Waals surface area contributed by atoms with Gasteiger partial charge in [-0.2, -0.15) is 0 Å². The molecule has 0 saturated carbocycles. The molecule has 0 bridgehead atoms. The SMILES string of the molecule is COc1ccc(NC(=O)/C(Br)=C/c2ccccc2)c(OC)c1. The second-order valence-corrected chi connectivity index (χ2v) is 5.28. The molecule has 2 aromatic carbocycles. The molecule has 0 radical (unpaired) electrons. The first kappa shape index (κ1) is 16.1. The van der Waals surface area contributed by atoms with Gasteiger partial charge in [-0.15, -0.1) is 0 Å². The highest BCUT2D eigenvalue weighted by Gasteiger charge is 2.11. The number of hydrogen-bond donors (Lipinski definition) is 1. The summed E-state index contributed by atoms with van der Waals surface area (Å²) in [7, 11) is 3.12. The quantitative estimate of drug-likeness (QED) is 0.816. The largest absolute Gasteiger partial charge is 0.497 e. The second kappa shape index (κ2) is 7.66. The van der Waals surface area contributed by atoms with E-state index in [1.165, 1.54) is 0 Å². The minimum atomic E-state index is -0.257. The van der Waals surface area contributed by atoms with Gasteiger partial charge in [0.2, 0.25) is 0 Å². The summed E-state index contributed by atoms with van der Waals surface area (Å²) in [5.41, 5.74) is 1.51. The number of rotatable bonds is 5. The van der Waals surface area contributed by atoms with E-state index >= 15 is 0 Å². The minimum absolute atomic E-state index is 0.257. The van der Waals surface area contributed by atoms with Crippen molar-refractivity contribution in [1.29, 1.82) is 0 Å². The molecule has 0 atom stereocenters. The average molecular weight is 362 g/mol. The van der Waals surface area contributed by atoms with Crippen molar-refractivity contribution in [3.8, 4) is 11.5 Å². The third kappa shape index (κ3) is 4.11. The Morgan fingerprint density at radius 2 is 1.82 bits per heavy atom. The van der Waals surface area contributed by atoms with Crippen LogP contribution in [0.3, 0.4) is 0 Å². The van der Waals surface area contributed by atoms with Crippen LogP contribution in [0.4, 0.5) is 5.69 Å². The summed E-state index contributed by atoms with van der Waals surface area (Å²) < 4.78 is 10.8. The van der Waals surface area contributed by atoms with Crippen molar-refractivity contribution in [2.75, 3.05) is 19.5 Å². The Labute approximate surface area is 137 Å². The van der Waals surface area contributed by atoms with Gasteiger partial charge >= 0.3 is 0 Å². The monoisotopic (exact) mass is 361 g/mol. The maximum atomic E-state index is 12.2. The molecule has 0 aromatic heterocycles. The van der Waals surface area contributed by atoms with E-state index in [2.05, 4.69) is 21.2 Å². The zero-order valence-corrected chi connectivity index (χ0v) is 13.9. The van der Waals surface area contributed by atoms with E-state index < -0.39 is 0 Å². The van der Waals surface area contributed by atoms with Gasteiger partial charge in [-0.3, -0.25) is 4.79 Å². The first-order valence-corrected chi connectivity index (χ1v) is 7.39. The number of hydrogen-bond acceptors (Lipinski definition) is 3. The van der Waals surface area contributed by atoms with Gasteiger partial charge in [0.05, 0.1) is 24.4 Å². The van der Waals surface area contributed by atoms with E-state index in [1.807, 2.05) is 30.3 Å². The van der Waals surface area contributed by atoms with Crippen LogP contribution < -0.4 is 14.8 Å². The van der Waals surface area contributed by atoms with Crippen molar-refractivity contribution in [2.24, 2.45) is 0 Å². The summed E-state index contributed by atoms with van der Waals surface area (Å²) in [6.07, 6.45) is 1.76. The topological polar surface area (TPSA) is 47.6 Å². The molecule has 0 heterocycles. The number of carbonyl (C=O) groups is 1. The van der Waals surface area contributed by atoms with Gasteiger partial charge in [0.25, 0.3) is 5.91 Å². The molecule has 2 aromatic rings. The Hall–Kier alpha value is -2.27. The van der Waals surface area contributed by atoms with Crippen LogP contribution in [0.5, 0.6) is 11.5 Å². The van der Waals surface area contributed by atoms with E-state index in [0.29, 0.717) is 21.7 Å². The van der Waals surface area contributed by atoms with Crippen LogP contribution in [0.15, 0.2) is 53.0 Å². The van der Waals surface area contributed by atoms with Crippen molar-refractivity contribution >= 4 is 33.6 Å². The molecule has 0 aliphatic heterocycles. The molecule has 2 rings (SSSR count). The van der Waals surface area contributed by atoms with Crippen LogP contribution in [-0.4, -0.2) is 20.1 Å². The lowest BCUT2D eigenvalue weighted by molar-refractivity contribution is -0.112. The molecule has 0 aliphatic rings. The molecule has 4 nitrogen and oxygen atoms in total. The van der Waals surface area contributed by atoms with Crippen molar-refractivity contribution in [1.82, 2.24) is 0 Å². The number of anilines is 1. The summed E-state index contributed by atoms with van der Waals surface area (Å²) in [6.45, 7) is 0. The Kier molecular flexibility index (Phi) is 5.61. The number of halogens is 1. The molecular formula is C17H16BrNO3. The highest BCUT2D eigenvalue weighted by Crippen LogP contribution is 2.29. The zero-order valence-electron chi connectivity index (χ0n) is 12.3. The Morgan fingerprint density at radius 1 is 1.09 bits per heavy atom. The number of ether oxygens (including phenoxy) is 2. The van der Waals surface area contributed by atoms with Gasteiger partial charge in [0.1, 0.15) is 11.5 Å².